The minimum atomic E-state index is -0.124. The lowest BCUT2D eigenvalue weighted by molar-refractivity contribution is 0.568. The summed E-state index contributed by atoms with van der Waals surface area (Å²) < 4.78 is 2.55. The van der Waals surface area contributed by atoms with Crippen LogP contribution in [0.5, 0.6) is 0 Å². The van der Waals surface area contributed by atoms with Gasteiger partial charge in [0.05, 0.1) is 28.1 Å². The van der Waals surface area contributed by atoms with Gasteiger partial charge in [-0.15, -0.1) is 0 Å². The fraction of sp³-hybridized carbons (Fsp3) is 0.326. The summed E-state index contributed by atoms with van der Waals surface area (Å²) in [5.74, 6) is 0. The Morgan fingerprint density at radius 2 is 0.670 bits per heavy atom. The highest BCUT2D eigenvalue weighted by Crippen LogP contribution is 2.51. The Hall–Kier alpha value is -7.94. The van der Waals surface area contributed by atoms with Crippen molar-refractivity contribution in [3.05, 3.63) is 227 Å². The van der Waals surface area contributed by atoms with Crippen molar-refractivity contribution in [2.45, 2.75) is 183 Å². The summed E-state index contributed by atoms with van der Waals surface area (Å²) in [7, 11) is 0. The van der Waals surface area contributed by atoms with Crippen LogP contribution in [0.1, 0.15) is 184 Å². The molecule has 0 unspecified atom stereocenters. The molecule has 88 heavy (non-hydrogen) atoms. The zero-order valence-corrected chi connectivity index (χ0v) is 56.8. The second-order valence-electron chi connectivity index (χ2n) is 32.9. The van der Waals surface area contributed by atoms with Crippen molar-refractivity contribution in [1.29, 1.82) is 0 Å². The molecule has 0 saturated carbocycles. The summed E-state index contributed by atoms with van der Waals surface area (Å²) in [6.45, 7) is 49.0. The Morgan fingerprint density at radius 1 is 0.261 bits per heavy atom. The molecular weight excluding hydrogens is 1060 g/mol. The Balaban J connectivity index is 1.12. The molecular formula is C86H94N2. The first-order chi connectivity index (χ1) is 41.0. The van der Waals surface area contributed by atoms with Gasteiger partial charge in [0.15, 0.2) is 0 Å². The van der Waals surface area contributed by atoms with Gasteiger partial charge in [-0.2, -0.15) is 0 Å². The molecule has 0 bridgehead atoms. The molecule has 1 aromatic heterocycles. The van der Waals surface area contributed by atoms with E-state index in [9.17, 15) is 0 Å². The van der Waals surface area contributed by atoms with Gasteiger partial charge in [-0.05, 0) is 181 Å². The van der Waals surface area contributed by atoms with Crippen LogP contribution >= 0.6 is 0 Å². The van der Waals surface area contributed by atoms with Gasteiger partial charge < -0.3 is 9.47 Å². The van der Waals surface area contributed by atoms with Crippen molar-refractivity contribution < 1.29 is 0 Å². The lowest BCUT2D eigenvalue weighted by Gasteiger charge is -2.33. The second-order valence-corrected chi connectivity index (χ2v) is 32.9. The molecule has 0 fully saturated rings. The van der Waals surface area contributed by atoms with Crippen LogP contribution in [0.2, 0.25) is 0 Å². The summed E-state index contributed by atoms with van der Waals surface area (Å²) in [6.07, 6.45) is 0. The molecule has 0 aliphatic heterocycles. The smallest absolute Gasteiger partial charge is 0.0543 e. The summed E-state index contributed by atoms with van der Waals surface area (Å²) in [4.78, 5) is 2.61. The maximum Gasteiger partial charge on any atom is 0.0543 e. The number of hydrogen-bond acceptors (Lipinski definition) is 1. The van der Waals surface area contributed by atoms with Crippen molar-refractivity contribution in [3.8, 4) is 39.1 Å². The number of hydrogen-bond donors (Lipinski definition) is 0. The quantitative estimate of drug-likeness (QED) is 0.144. The van der Waals surface area contributed by atoms with Gasteiger partial charge >= 0.3 is 0 Å². The number of anilines is 3. The zero-order valence-electron chi connectivity index (χ0n) is 56.8. The third-order valence-corrected chi connectivity index (χ3v) is 19.0. The van der Waals surface area contributed by atoms with E-state index in [0.29, 0.717) is 0 Å². The normalized spacial score (nSPS) is 13.3. The van der Waals surface area contributed by atoms with E-state index >= 15 is 0 Å². The van der Waals surface area contributed by atoms with Gasteiger partial charge in [0.1, 0.15) is 0 Å². The molecule has 1 heterocycles. The molecule has 2 heteroatoms. The molecule has 0 aliphatic rings. The number of rotatable bonds is 7. The SMILES string of the molecule is CC(C)(C)c1cc(-c2ccc(-c3cccc(N(c4cc(C(C)(C)C)ccc4-c4cc(C(C)(C)C)cc(C(C)(C)C)c4)c4ccc5ccc6c(-n7c8ccc(C(C)(C)C)cc8c8cc(C(C)(C)C)ccc87)ccc7ccc4c5c76)c3)cc2)cc(C(C)(C)C)c1. The molecule has 0 spiro atoms. The first-order valence-corrected chi connectivity index (χ1v) is 32.3. The Morgan fingerprint density at radius 3 is 1.16 bits per heavy atom. The van der Waals surface area contributed by atoms with Crippen LogP contribution in [-0.2, 0) is 37.9 Å². The van der Waals surface area contributed by atoms with Crippen LogP contribution in [0, 0.1) is 0 Å². The minimum Gasteiger partial charge on any atom is -0.309 e. The predicted molar refractivity (Wildman–Crippen MR) is 386 cm³/mol. The summed E-state index contributed by atoms with van der Waals surface area (Å²) >= 11 is 0. The number of nitrogens with zero attached hydrogens (tertiary/aromatic N) is 2. The van der Waals surface area contributed by atoms with Crippen LogP contribution in [0.4, 0.5) is 17.1 Å². The maximum atomic E-state index is 2.61. The largest absolute Gasteiger partial charge is 0.309 e. The van der Waals surface area contributed by atoms with Gasteiger partial charge in [-0.1, -0.05) is 279 Å². The molecule has 0 aliphatic carbocycles. The molecule has 12 aromatic rings. The van der Waals surface area contributed by atoms with E-state index in [-0.39, 0.29) is 37.9 Å². The van der Waals surface area contributed by atoms with Crippen molar-refractivity contribution in [3.63, 3.8) is 0 Å². The standard InChI is InChI=1S/C86H94N2/c1-80(2,3)60-34-41-75-71(50-60)72-51-61(81(4,5)6)35-42-76(72)88(75)74-40-32-56-29-36-69-73(39-31-55-30-37-70(74)79(56)78(55)69)87(77-52-62(82(7,8)9)33-38-68(77)59-45-65(85(16,17)18)49-66(46-59)86(19,20)21)67-24-22-23-57(47-67)53-25-27-54(28-26-53)58-43-63(83(10,11)12)48-64(44-58)84(13,14)15/h22-52H,1-21H3. The predicted octanol–water partition coefficient (Wildman–Crippen LogP) is 25.2. The van der Waals surface area contributed by atoms with Gasteiger partial charge in [0, 0.05) is 32.8 Å². The third kappa shape index (κ3) is 11.0. The van der Waals surface area contributed by atoms with E-state index in [1.54, 1.807) is 0 Å². The Bertz CT molecular complexity index is 4540. The lowest BCUT2D eigenvalue weighted by Crippen LogP contribution is -2.18. The highest BCUT2D eigenvalue weighted by atomic mass is 15.1. The monoisotopic (exact) mass is 1150 g/mol. The molecule has 0 amide bonds. The molecule has 2 nitrogen and oxygen atoms in total. The van der Waals surface area contributed by atoms with Crippen molar-refractivity contribution >= 4 is 71.2 Å². The molecule has 0 N–H and O–H groups in total. The molecule has 0 radical (unpaired) electrons. The third-order valence-electron chi connectivity index (χ3n) is 19.0. The van der Waals surface area contributed by atoms with Gasteiger partial charge in [0.2, 0.25) is 0 Å². The first-order valence-electron chi connectivity index (χ1n) is 32.3. The minimum absolute atomic E-state index is 0.00691. The van der Waals surface area contributed by atoms with Crippen LogP contribution < -0.4 is 4.90 Å². The average Bonchev–Trinajstić information content (AvgIpc) is 1.26. The van der Waals surface area contributed by atoms with E-state index in [4.69, 9.17) is 0 Å². The van der Waals surface area contributed by atoms with E-state index < -0.39 is 0 Å². The highest BCUT2D eigenvalue weighted by Gasteiger charge is 2.29. The molecule has 12 rings (SSSR count). The van der Waals surface area contributed by atoms with Gasteiger partial charge in [-0.25, -0.2) is 0 Å². The molecule has 448 valence electrons. The fourth-order valence-electron chi connectivity index (χ4n) is 13.2. The van der Waals surface area contributed by atoms with E-state index in [0.717, 1.165) is 17.1 Å². The topological polar surface area (TPSA) is 8.17 Å². The van der Waals surface area contributed by atoms with Crippen LogP contribution in [0.15, 0.2) is 188 Å². The summed E-state index contributed by atoms with van der Waals surface area (Å²) in [5.41, 5.74) is 23.5. The zero-order chi connectivity index (χ0) is 63.2. The van der Waals surface area contributed by atoms with E-state index in [1.807, 2.05) is 0 Å². The van der Waals surface area contributed by atoms with Crippen LogP contribution in [0.25, 0.3) is 93.2 Å². The lowest BCUT2D eigenvalue weighted by atomic mass is 9.78. The van der Waals surface area contributed by atoms with Crippen molar-refractivity contribution in [2.24, 2.45) is 0 Å². The van der Waals surface area contributed by atoms with Crippen LogP contribution in [0.3, 0.4) is 0 Å². The highest BCUT2D eigenvalue weighted by molar-refractivity contribution is 6.27. The van der Waals surface area contributed by atoms with Crippen molar-refractivity contribution in [2.75, 3.05) is 4.90 Å². The number of fused-ring (bicyclic) bond motifs is 3. The Labute approximate surface area is 527 Å². The molecule has 0 atom stereocenters. The fourth-order valence-corrected chi connectivity index (χ4v) is 13.2. The average molecular weight is 1160 g/mol. The second kappa shape index (κ2) is 20.8. The Kier molecular flexibility index (Phi) is 14.3. The van der Waals surface area contributed by atoms with Crippen molar-refractivity contribution in [1.82, 2.24) is 4.57 Å². The molecule has 11 aromatic carbocycles. The summed E-state index contributed by atoms with van der Waals surface area (Å²) in [6, 6.07) is 74.0. The van der Waals surface area contributed by atoms with Crippen LogP contribution in [-0.4, -0.2) is 4.57 Å². The summed E-state index contributed by atoms with van der Waals surface area (Å²) in [5, 5.41) is 10.1. The number of benzene rings is 11. The first kappa shape index (κ1) is 60.3. The van der Waals surface area contributed by atoms with Gasteiger partial charge in [-0.3, -0.25) is 0 Å². The maximum absolute atomic E-state index is 2.61. The van der Waals surface area contributed by atoms with E-state index in [1.165, 1.54) is 132 Å². The van der Waals surface area contributed by atoms with Gasteiger partial charge in [0.25, 0.3) is 0 Å². The van der Waals surface area contributed by atoms with E-state index in [2.05, 4.69) is 343 Å². The molecule has 0 saturated heterocycles. The number of aromatic nitrogens is 1.